The number of likely N-dealkylation sites (tertiary alicyclic amines) is 1. The lowest BCUT2D eigenvalue weighted by Gasteiger charge is -2.49. The van der Waals surface area contributed by atoms with Crippen LogP contribution in [0.4, 0.5) is 0 Å². The molecule has 1 heterocycles. The number of carbonyl (C=O) groups is 4. The molecule has 9 nitrogen and oxygen atoms in total. The predicted octanol–water partition coefficient (Wildman–Crippen LogP) is 5.61. The molecule has 5 unspecified atom stereocenters. The van der Waals surface area contributed by atoms with Crippen molar-refractivity contribution in [1.82, 2.24) is 10.2 Å². The van der Waals surface area contributed by atoms with E-state index >= 15 is 0 Å². The number of nitrogens with one attached hydrogen (secondary N) is 1. The van der Waals surface area contributed by atoms with Crippen LogP contribution in [-0.2, 0) is 46.7 Å². The lowest BCUT2D eigenvalue weighted by atomic mass is 9.98. The van der Waals surface area contributed by atoms with Crippen LogP contribution in [-0.4, -0.2) is 62.5 Å². The van der Waals surface area contributed by atoms with Gasteiger partial charge in [-0.1, -0.05) is 139 Å². The van der Waals surface area contributed by atoms with Crippen molar-refractivity contribution in [1.29, 1.82) is 0 Å². The first-order valence-electron chi connectivity index (χ1n) is 16.1. The first-order chi connectivity index (χ1) is 24.2. The average Bonchev–Trinajstić information content (AvgIpc) is 3.14. The summed E-state index contributed by atoms with van der Waals surface area (Å²) in [6, 6.07) is 33.8. The van der Waals surface area contributed by atoms with E-state index in [1.807, 2.05) is 66.7 Å². The van der Waals surface area contributed by atoms with Gasteiger partial charge in [-0.15, -0.1) is 0 Å². The maximum atomic E-state index is 14.0. The van der Waals surface area contributed by atoms with E-state index in [0.29, 0.717) is 23.3 Å². The first-order valence-corrected chi connectivity index (χ1v) is 18.8. The van der Waals surface area contributed by atoms with Crippen molar-refractivity contribution in [2.45, 2.75) is 43.5 Å². The van der Waals surface area contributed by atoms with Gasteiger partial charge in [-0.3, -0.25) is 14.4 Å². The maximum Gasteiger partial charge on any atom is 0.333 e. The Morgan fingerprint density at radius 3 is 2.02 bits per heavy atom. The molecule has 1 aliphatic heterocycles. The summed E-state index contributed by atoms with van der Waals surface area (Å²) in [6.07, 6.45) is -0.463. The van der Waals surface area contributed by atoms with Gasteiger partial charge in [-0.25, -0.2) is 9.00 Å². The molecule has 0 saturated carbocycles. The molecule has 0 radical (unpaired) electrons. The fraction of sp³-hybridized carbons (Fsp3) is 0.231. The minimum atomic E-state index is -1.79. The summed E-state index contributed by atoms with van der Waals surface area (Å²) in [5.41, 5.74) is 3.10. The van der Waals surface area contributed by atoms with Crippen LogP contribution >= 0.6 is 10.8 Å². The van der Waals surface area contributed by atoms with E-state index in [1.54, 1.807) is 61.5 Å². The number of benzene rings is 4. The molecule has 4 aromatic carbocycles. The SMILES string of the molecule is C=C(C)C(C(=O)OCC(=O)c1ccccc1)N1C(=O)C(NC(=O)C(OCc2ccccc2)c2ccccc2)C1S(=O)SCCc1ccccc1. The molecule has 1 saturated heterocycles. The number of hydrogen-bond acceptors (Lipinski definition) is 8. The third-order valence-corrected chi connectivity index (χ3v) is 11.3. The van der Waals surface area contributed by atoms with E-state index in [-0.39, 0.29) is 12.2 Å². The van der Waals surface area contributed by atoms with Crippen molar-refractivity contribution in [2.24, 2.45) is 0 Å². The van der Waals surface area contributed by atoms with Crippen molar-refractivity contribution in [2.75, 3.05) is 12.4 Å². The van der Waals surface area contributed by atoms with E-state index in [0.717, 1.165) is 26.8 Å². The Labute approximate surface area is 297 Å². The molecule has 1 N–H and O–H groups in total. The van der Waals surface area contributed by atoms with E-state index in [4.69, 9.17) is 9.47 Å². The Bertz CT molecular complexity index is 1810. The summed E-state index contributed by atoms with van der Waals surface area (Å²) < 4.78 is 25.5. The van der Waals surface area contributed by atoms with E-state index in [9.17, 15) is 23.4 Å². The first kappa shape index (κ1) is 36.4. The van der Waals surface area contributed by atoms with Crippen LogP contribution in [0.15, 0.2) is 133 Å². The molecule has 5 atom stereocenters. The molecule has 0 aromatic heterocycles. The minimum Gasteiger partial charge on any atom is -0.455 e. The second kappa shape index (κ2) is 17.7. The summed E-state index contributed by atoms with van der Waals surface area (Å²) in [6.45, 7) is 5.04. The highest BCUT2D eigenvalue weighted by atomic mass is 33.1. The second-order valence-electron chi connectivity index (χ2n) is 11.7. The van der Waals surface area contributed by atoms with Gasteiger partial charge in [-0.05, 0) is 35.6 Å². The lowest BCUT2D eigenvalue weighted by molar-refractivity contribution is -0.163. The quantitative estimate of drug-likeness (QED) is 0.0494. The molecule has 5 rings (SSSR count). The van der Waals surface area contributed by atoms with Crippen LogP contribution in [0.5, 0.6) is 0 Å². The number of hydrogen-bond donors (Lipinski definition) is 1. The zero-order chi connectivity index (χ0) is 35.5. The van der Waals surface area contributed by atoms with Gasteiger partial charge in [0.25, 0.3) is 5.91 Å². The minimum absolute atomic E-state index is 0.133. The Balaban J connectivity index is 1.35. The highest BCUT2D eigenvalue weighted by Crippen LogP contribution is 2.34. The number of nitrogens with zero attached hydrogens (tertiary/aromatic N) is 1. The number of amides is 2. The second-order valence-corrected chi connectivity index (χ2v) is 15.0. The van der Waals surface area contributed by atoms with Crippen LogP contribution in [0, 0.1) is 0 Å². The molecule has 1 fully saturated rings. The van der Waals surface area contributed by atoms with E-state index < -0.39 is 63.6 Å². The fourth-order valence-corrected chi connectivity index (χ4v) is 8.68. The van der Waals surface area contributed by atoms with Gasteiger partial charge in [0.15, 0.2) is 24.5 Å². The highest BCUT2D eigenvalue weighted by Gasteiger charge is 2.57. The van der Waals surface area contributed by atoms with Crippen molar-refractivity contribution in [3.63, 3.8) is 0 Å². The summed E-state index contributed by atoms with van der Waals surface area (Å²) in [7, 11) is -0.665. The largest absolute Gasteiger partial charge is 0.455 e. The molecular formula is C39H38N2O7S2. The Kier molecular flexibility index (Phi) is 12.9. The number of esters is 1. The summed E-state index contributed by atoms with van der Waals surface area (Å²) in [5, 5.41) is 1.68. The number of ketones is 1. The van der Waals surface area contributed by atoms with Gasteiger partial charge >= 0.3 is 5.97 Å². The average molecular weight is 711 g/mol. The third kappa shape index (κ3) is 9.23. The molecule has 4 aromatic rings. The van der Waals surface area contributed by atoms with Crippen LogP contribution < -0.4 is 5.32 Å². The van der Waals surface area contributed by atoms with Crippen LogP contribution in [0.25, 0.3) is 0 Å². The van der Waals surface area contributed by atoms with Crippen molar-refractivity contribution < 1.29 is 32.9 Å². The van der Waals surface area contributed by atoms with Gasteiger partial charge in [0.1, 0.15) is 21.2 Å². The van der Waals surface area contributed by atoms with Crippen molar-refractivity contribution >= 4 is 44.2 Å². The number of Topliss-reactive ketones (excluding diaryl/α,β-unsaturated/α-hetero) is 1. The van der Waals surface area contributed by atoms with Gasteiger partial charge in [0.05, 0.1) is 6.61 Å². The van der Waals surface area contributed by atoms with E-state index in [1.165, 1.54) is 0 Å². The third-order valence-electron chi connectivity index (χ3n) is 8.02. The molecule has 0 spiro atoms. The number of aryl methyl sites for hydroxylation is 1. The standard InChI is InChI=1S/C39H38N2O7S2/c1-27(2)34(39(45)48-26-32(42)30-19-11-5-12-20-30)41-37(44)33(38(41)50(46)49-24-23-28-15-7-3-8-16-28)40-36(43)35(31-21-13-6-14-22-31)47-25-29-17-9-4-10-18-29/h3-22,33-35,38H,1,23-26H2,2H3,(H,40,43). The van der Waals surface area contributed by atoms with Gasteiger partial charge < -0.3 is 19.7 Å². The Hall–Kier alpha value is -4.84. The molecular weight excluding hydrogens is 673 g/mol. The molecule has 0 aliphatic carbocycles. The smallest absolute Gasteiger partial charge is 0.333 e. The Morgan fingerprint density at radius 2 is 1.42 bits per heavy atom. The monoisotopic (exact) mass is 710 g/mol. The van der Waals surface area contributed by atoms with Gasteiger partial charge in [0.2, 0.25) is 5.91 Å². The molecule has 50 heavy (non-hydrogen) atoms. The maximum absolute atomic E-state index is 14.0. The van der Waals surface area contributed by atoms with Crippen molar-refractivity contribution in [3.05, 3.63) is 156 Å². The van der Waals surface area contributed by atoms with Crippen molar-refractivity contribution in [3.8, 4) is 0 Å². The highest BCUT2D eigenvalue weighted by molar-refractivity contribution is 8.69. The zero-order valence-corrected chi connectivity index (χ0v) is 29.1. The molecule has 0 bridgehead atoms. The molecule has 1 aliphatic rings. The molecule has 2 amide bonds. The number of rotatable bonds is 17. The van der Waals surface area contributed by atoms with Crippen LogP contribution in [0.2, 0.25) is 0 Å². The topological polar surface area (TPSA) is 119 Å². The normalized spacial score (nSPS) is 17.1. The number of β-lactam (4-membered cyclic amide) rings is 1. The summed E-state index contributed by atoms with van der Waals surface area (Å²) >= 11 is 0. The predicted molar refractivity (Wildman–Crippen MR) is 194 cm³/mol. The lowest BCUT2D eigenvalue weighted by Crippen LogP contribution is -2.75. The summed E-state index contributed by atoms with van der Waals surface area (Å²) in [5.74, 6) is -2.07. The van der Waals surface area contributed by atoms with Crippen LogP contribution in [0.3, 0.4) is 0 Å². The van der Waals surface area contributed by atoms with E-state index in [2.05, 4.69) is 11.9 Å². The van der Waals surface area contributed by atoms with Crippen LogP contribution in [0.1, 0.15) is 40.1 Å². The van der Waals surface area contributed by atoms with Gasteiger partial charge in [0, 0.05) is 11.3 Å². The summed E-state index contributed by atoms with van der Waals surface area (Å²) in [4.78, 5) is 55.0. The zero-order valence-electron chi connectivity index (χ0n) is 27.5. The number of ether oxygens (including phenoxy) is 2. The van der Waals surface area contributed by atoms with Gasteiger partial charge in [-0.2, -0.15) is 0 Å². The molecule has 258 valence electrons. The molecule has 11 heteroatoms. The number of carbonyl (C=O) groups excluding carboxylic acids is 4. The fourth-order valence-electron chi connectivity index (χ4n) is 5.46. The Morgan fingerprint density at radius 1 is 0.860 bits per heavy atom.